The molecule has 0 radical (unpaired) electrons. The molecule has 154 valence electrons. The Bertz CT molecular complexity index is 1210. The highest BCUT2D eigenvalue weighted by atomic mass is 19.1. The van der Waals surface area contributed by atoms with E-state index in [1.165, 1.54) is 6.07 Å². The Morgan fingerprint density at radius 1 is 1.17 bits per heavy atom. The predicted octanol–water partition coefficient (Wildman–Crippen LogP) is 4.78. The van der Waals surface area contributed by atoms with E-state index in [0.717, 1.165) is 41.2 Å². The molecule has 1 fully saturated rings. The summed E-state index contributed by atoms with van der Waals surface area (Å²) in [6.45, 7) is 4.64. The van der Waals surface area contributed by atoms with Crippen LogP contribution in [0.1, 0.15) is 5.76 Å². The van der Waals surface area contributed by atoms with Gasteiger partial charge >= 0.3 is 0 Å². The zero-order chi connectivity index (χ0) is 20.7. The van der Waals surface area contributed by atoms with E-state index >= 15 is 4.39 Å². The Morgan fingerprint density at radius 3 is 2.73 bits per heavy atom. The highest BCUT2D eigenvalue weighted by Crippen LogP contribution is 2.43. The van der Waals surface area contributed by atoms with Crippen LogP contribution < -0.4 is 9.64 Å². The highest BCUT2D eigenvalue weighted by Gasteiger charge is 2.24. The smallest absolute Gasteiger partial charge is 0.153 e. The standard InChI is InChI=1S/C23H22FN3O3/c1-14-3-6-20(30-14)15-11-16-17(13-26-23(16)25-12-15)21-18(24)4-5-19(22(21)28-2)27-7-9-29-10-8-27/h3-6,11-13H,7-10H2,1-2H3,(H,25,26). The monoisotopic (exact) mass is 407 g/mol. The number of aromatic nitrogens is 2. The van der Waals surface area contributed by atoms with Crippen molar-refractivity contribution in [2.24, 2.45) is 0 Å². The number of methoxy groups -OCH3 is 1. The van der Waals surface area contributed by atoms with Crippen molar-refractivity contribution in [3.8, 4) is 28.2 Å². The van der Waals surface area contributed by atoms with Gasteiger partial charge in [0.1, 0.15) is 23.0 Å². The number of nitrogens with one attached hydrogen (secondary N) is 1. The molecule has 0 aliphatic carbocycles. The number of halogens is 1. The largest absolute Gasteiger partial charge is 0.494 e. The molecule has 1 aliphatic heterocycles. The molecule has 0 spiro atoms. The molecule has 6 nitrogen and oxygen atoms in total. The van der Waals surface area contributed by atoms with Crippen LogP contribution in [0.15, 0.2) is 47.1 Å². The third kappa shape index (κ3) is 3.11. The number of pyridine rings is 1. The number of H-pyrrole nitrogens is 1. The summed E-state index contributed by atoms with van der Waals surface area (Å²) in [6.07, 6.45) is 3.53. The lowest BCUT2D eigenvalue weighted by molar-refractivity contribution is 0.122. The van der Waals surface area contributed by atoms with Crippen LogP contribution in [-0.2, 0) is 4.74 Å². The van der Waals surface area contributed by atoms with Crippen molar-refractivity contribution in [1.29, 1.82) is 0 Å². The Kier molecular flexibility index (Phi) is 4.67. The van der Waals surface area contributed by atoms with Crippen molar-refractivity contribution in [1.82, 2.24) is 9.97 Å². The Hall–Kier alpha value is -3.32. The lowest BCUT2D eigenvalue weighted by Crippen LogP contribution is -2.36. The van der Waals surface area contributed by atoms with Gasteiger partial charge in [0.2, 0.25) is 0 Å². The molecule has 1 aromatic carbocycles. The molecule has 1 aliphatic rings. The average Bonchev–Trinajstić information content (AvgIpc) is 3.39. The Labute approximate surface area is 173 Å². The summed E-state index contributed by atoms with van der Waals surface area (Å²) in [5, 5.41) is 0.804. The minimum absolute atomic E-state index is 0.344. The molecule has 5 rings (SSSR count). The van der Waals surface area contributed by atoms with Crippen molar-refractivity contribution in [2.75, 3.05) is 38.3 Å². The van der Waals surface area contributed by atoms with Crippen LogP contribution in [0.2, 0.25) is 0 Å². The zero-order valence-electron chi connectivity index (χ0n) is 16.9. The molecule has 0 saturated carbocycles. The number of aromatic amines is 1. The molecule has 4 aromatic rings. The molecular weight excluding hydrogens is 385 g/mol. The lowest BCUT2D eigenvalue weighted by atomic mass is 10.0. The fourth-order valence-corrected chi connectivity index (χ4v) is 3.99. The molecule has 1 saturated heterocycles. The number of benzene rings is 1. The van der Waals surface area contributed by atoms with Gasteiger partial charge in [0.25, 0.3) is 0 Å². The number of aryl methyl sites for hydroxylation is 1. The quantitative estimate of drug-likeness (QED) is 0.527. The van der Waals surface area contributed by atoms with Gasteiger partial charge in [-0.25, -0.2) is 9.37 Å². The number of furan rings is 1. The van der Waals surface area contributed by atoms with E-state index in [1.807, 2.05) is 25.1 Å². The SMILES string of the molecule is COc1c(N2CCOCC2)ccc(F)c1-c1c[nH]c2ncc(-c3ccc(C)o3)cc12. The van der Waals surface area contributed by atoms with Crippen LogP contribution in [0, 0.1) is 12.7 Å². The van der Waals surface area contributed by atoms with Crippen LogP contribution in [-0.4, -0.2) is 43.4 Å². The summed E-state index contributed by atoms with van der Waals surface area (Å²) < 4.78 is 32.0. The summed E-state index contributed by atoms with van der Waals surface area (Å²) in [6, 6.07) is 9.05. The van der Waals surface area contributed by atoms with E-state index in [2.05, 4.69) is 14.9 Å². The van der Waals surface area contributed by atoms with E-state index in [9.17, 15) is 0 Å². The molecule has 1 N–H and O–H groups in total. The summed E-state index contributed by atoms with van der Waals surface area (Å²) in [5.41, 5.74) is 3.49. The molecule has 30 heavy (non-hydrogen) atoms. The van der Waals surface area contributed by atoms with Crippen LogP contribution >= 0.6 is 0 Å². The van der Waals surface area contributed by atoms with Crippen LogP contribution in [0.25, 0.3) is 33.5 Å². The van der Waals surface area contributed by atoms with E-state index in [4.69, 9.17) is 13.9 Å². The molecule has 7 heteroatoms. The summed E-state index contributed by atoms with van der Waals surface area (Å²) in [5.74, 6) is 1.72. The van der Waals surface area contributed by atoms with E-state index < -0.39 is 0 Å². The number of nitrogens with zero attached hydrogens (tertiary/aromatic N) is 2. The minimum Gasteiger partial charge on any atom is -0.494 e. The molecule has 0 atom stereocenters. The predicted molar refractivity (Wildman–Crippen MR) is 114 cm³/mol. The zero-order valence-corrected chi connectivity index (χ0v) is 16.9. The number of fused-ring (bicyclic) bond motifs is 1. The summed E-state index contributed by atoms with van der Waals surface area (Å²) in [7, 11) is 1.58. The maximum Gasteiger partial charge on any atom is 0.153 e. The van der Waals surface area contributed by atoms with Gasteiger partial charge in [0, 0.05) is 42.0 Å². The Morgan fingerprint density at radius 2 is 2.00 bits per heavy atom. The first kappa shape index (κ1) is 18.7. The van der Waals surface area contributed by atoms with Gasteiger partial charge in [-0.3, -0.25) is 0 Å². The highest BCUT2D eigenvalue weighted by molar-refractivity contribution is 5.98. The van der Waals surface area contributed by atoms with Gasteiger partial charge < -0.3 is 23.8 Å². The van der Waals surface area contributed by atoms with E-state index in [0.29, 0.717) is 35.7 Å². The lowest BCUT2D eigenvalue weighted by Gasteiger charge is -2.30. The summed E-state index contributed by atoms with van der Waals surface area (Å²) in [4.78, 5) is 9.82. The summed E-state index contributed by atoms with van der Waals surface area (Å²) >= 11 is 0. The van der Waals surface area contributed by atoms with Gasteiger partial charge in [-0.05, 0) is 37.3 Å². The van der Waals surface area contributed by atoms with Crippen molar-refractivity contribution >= 4 is 16.7 Å². The van der Waals surface area contributed by atoms with Gasteiger partial charge in [-0.2, -0.15) is 0 Å². The molecule has 4 heterocycles. The fraction of sp³-hybridized carbons (Fsp3) is 0.261. The van der Waals surface area contributed by atoms with Crippen molar-refractivity contribution < 1.29 is 18.3 Å². The number of ether oxygens (including phenoxy) is 2. The maximum atomic E-state index is 15.1. The normalized spacial score (nSPS) is 14.4. The van der Waals surface area contributed by atoms with Gasteiger partial charge in [0.15, 0.2) is 5.75 Å². The van der Waals surface area contributed by atoms with Crippen molar-refractivity contribution in [2.45, 2.75) is 6.92 Å². The second-order valence-corrected chi connectivity index (χ2v) is 7.31. The Balaban J connectivity index is 1.67. The number of anilines is 1. The number of morpholine rings is 1. The number of rotatable bonds is 4. The first-order chi connectivity index (χ1) is 14.7. The number of hydrogen-bond donors (Lipinski definition) is 1. The third-order valence-electron chi connectivity index (χ3n) is 5.47. The minimum atomic E-state index is -0.344. The molecule has 3 aromatic heterocycles. The van der Waals surface area contributed by atoms with Crippen LogP contribution in [0.4, 0.5) is 10.1 Å². The van der Waals surface area contributed by atoms with E-state index in [-0.39, 0.29) is 5.82 Å². The van der Waals surface area contributed by atoms with Crippen molar-refractivity contribution in [3.63, 3.8) is 0 Å². The van der Waals surface area contributed by atoms with Gasteiger partial charge in [-0.1, -0.05) is 0 Å². The topological polar surface area (TPSA) is 63.5 Å². The molecule has 0 unspecified atom stereocenters. The average molecular weight is 407 g/mol. The van der Waals surface area contributed by atoms with E-state index in [1.54, 1.807) is 25.6 Å². The fourth-order valence-electron chi connectivity index (χ4n) is 3.99. The van der Waals surface area contributed by atoms with Crippen LogP contribution in [0.5, 0.6) is 5.75 Å². The molecule has 0 bridgehead atoms. The molecular formula is C23H22FN3O3. The first-order valence-electron chi connectivity index (χ1n) is 9.89. The van der Waals surface area contributed by atoms with Gasteiger partial charge in [-0.15, -0.1) is 0 Å². The van der Waals surface area contributed by atoms with Gasteiger partial charge in [0.05, 0.1) is 31.6 Å². The molecule has 0 amide bonds. The number of hydrogen-bond acceptors (Lipinski definition) is 5. The van der Waals surface area contributed by atoms with Crippen LogP contribution in [0.3, 0.4) is 0 Å². The third-order valence-corrected chi connectivity index (χ3v) is 5.47. The second-order valence-electron chi connectivity index (χ2n) is 7.31. The maximum absolute atomic E-state index is 15.1. The van der Waals surface area contributed by atoms with Crippen molar-refractivity contribution in [3.05, 3.63) is 54.3 Å². The second kappa shape index (κ2) is 7.50. The first-order valence-corrected chi connectivity index (χ1v) is 9.89.